The predicted molar refractivity (Wildman–Crippen MR) is 93.3 cm³/mol. The lowest BCUT2D eigenvalue weighted by Gasteiger charge is -2.31. The maximum absolute atomic E-state index is 12.8. The lowest BCUT2D eigenvalue weighted by Crippen LogP contribution is -2.50. The Hall–Kier alpha value is -1.31. The highest BCUT2D eigenvalue weighted by Gasteiger charge is 2.46. The minimum atomic E-state index is -0.252. The van der Waals surface area contributed by atoms with Crippen LogP contribution in [0.15, 0.2) is 24.3 Å². The van der Waals surface area contributed by atoms with Crippen LogP contribution in [0, 0.1) is 5.92 Å². The molecule has 1 aromatic carbocycles. The monoisotopic (exact) mass is 395 g/mol. The Labute approximate surface area is 150 Å². The summed E-state index contributed by atoms with van der Waals surface area (Å²) in [7, 11) is 1.82. The van der Waals surface area contributed by atoms with Crippen LogP contribution in [0.2, 0.25) is 0 Å². The van der Waals surface area contributed by atoms with Gasteiger partial charge in [-0.05, 0) is 30.9 Å². The molecule has 1 aromatic rings. The normalized spacial score (nSPS) is 31.8. The number of halogens is 1. The molecule has 0 bridgehead atoms. The van der Waals surface area contributed by atoms with Crippen LogP contribution in [0.1, 0.15) is 12.8 Å². The zero-order chi connectivity index (χ0) is 16.7. The van der Waals surface area contributed by atoms with Crippen molar-refractivity contribution in [2.24, 2.45) is 5.92 Å². The van der Waals surface area contributed by atoms with Gasteiger partial charge in [0.1, 0.15) is 12.6 Å². The van der Waals surface area contributed by atoms with E-state index >= 15 is 0 Å². The number of nitrogens with zero attached hydrogens (tertiary/aromatic N) is 1. The van der Waals surface area contributed by atoms with E-state index in [1.54, 1.807) is 4.90 Å². The van der Waals surface area contributed by atoms with Gasteiger partial charge in [0, 0.05) is 13.1 Å². The van der Waals surface area contributed by atoms with Crippen molar-refractivity contribution in [3.05, 3.63) is 24.3 Å². The van der Waals surface area contributed by atoms with Gasteiger partial charge in [-0.3, -0.25) is 10.2 Å². The molecular formula is C17H22BrN3O3. The maximum atomic E-state index is 12.8. The number of hydrogen-bond donors (Lipinski definition) is 2. The lowest BCUT2D eigenvalue weighted by atomic mass is 10.1. The Morgan fingerprint density at radius 3 is 2.79 bits per heavy atom. The lowest BCUT2D eigenvalue weighted by molar-refractivity contribution is -0.133. The van der Waals surface area contributed by atoms with Crippen LogP contribution >= 0.6 is 15.9 Å². The van der Waals surface area contributed by atoms with Gasteiger partial charge in [-0.15, -0.1) is 0 Å². The highest BCUT2D eigenvalue weighted by atomic mass is 79.9. The largest absolute Gasteiger partial charge is 0.486 e. The van der Waals surface area contributed by atoms with Gasteiger partial charge in [-0.2, -0.15) is 0 Å². The average molecular weight is 396 g/mol. The first-order valence-electron chi connectivity index (χ1n) is 8.42. The van der Waals surface area contributed by atoms with Crippen LogP contribution in [-0.4, -0.2) is 54.0 Å². The van der Waals surface area contributed by atoms with E-state index in [1.807, 2.05) is 31.3 Å². The van der Waals surface area contributed by atoms with Crippen LogP contribution in [0.4, 0.5) is 0 Å². The van der Waals surface area contributed by atoms with Crippen molar-refractivity contribution in [1.29, 1.82) is 0 Å². The zero-order valence-electron chi connectivity index (χ0n) is 13.6. The van der Waals surface area contributed by atoms with Crippen molar-refractivity contribution in [2.75, 3.05) is 20.2 Å². The molecule has 7 heteroatoms. The third-order valence-electron chi connectivity index (χ3n) is 4.88. The predicted octanol–water partition coefficient (Wildman–Crippen LogP) is 1.30. The summed E-state index contributed by atoms with van der Waals surface area (Å²) in [6, 6.07) is 7.69. The van der Waals surface area contributed by atoms with E-state index in [9.17, 15) is 4.79 Å². The number of ether oxygens (including phenoxy) is 2. The number of para-hydroxylation sites is 2. The molecule has 3 aliphatic rings. The number of carbonyl (C=O) groups excluding carboxylic acids is 1. The molecule has 2 aliphatic heterocycles. The fourth-order valence-electron chi connectivity index (χ4n) is 3.37. The number of carbonyl (C=O) groups is 1. The maximum Gasteiger partial charge on any atom is 0.242 e. The molecule has 2 heterocycles. The smallest absolute Gasteiger partial charge is 0.242 e. The number of likely N-dealkylation sites (N-methyl/N-ethyl adjacent to an activating group) is 1. The molecule has 1 amide bonds. The molecule has 0 aromatic heterocycles. The van der Waals surface area contributed by atoms with E-state index in [2.05, 4.69) is 26.8 Å². The summed E-state index contributed by atoms with van der Waals surface area (Å²) in [5.74, 6) is 2.24. The van der Waals surface area contributed by atoms with Crippen molar-refractivity contribution >= 4 is 21.8 Å². The second kappa shape index (κ2) is 6.54. The molecule has 0 spiro atoms. The highest BCUT2D eigenvalue weighted by Crippen LogP contribution is 2.38. The molecule has 4 rings (SSSR count). The Bertz CT molecular complexity index is 625. The topological polar surface area (TPSA) is 62.8 Å². The minimum Gasteiger partial charge on any atom is -0.486 e. The summed E-state index contributed by atoms with van der Waals surface area (Å²) in [5.41, 5.74) is 6.42. The van der Waals surface area contributed by atoms with Crippen molar-refractivity contribution in [1.82, 2.24) is 15.8 Å². The first-order chi connectivity index (χ1) is 11.6. The molecule has 1 saturated carbocycles. The quantitative estimate of drug-likeness (QED) is 0.752. The minimum absolute atomic E-state index is 0.0648. The van der Waals surface area contributed by atoms with Gasteiger partial charge < -0.3 is 14.4 Å². The highest BCUT2D eigenvalue weighted by molar-refractivity contribution is 9.09. The van der Waals surface area contributed by atoms with Gasteiger partial charge in [0.15, 0.2) is 17.6 Å². The van der Waals surface area contributed by atoms with Gasteiger partial charge in [0.05, 0.1) is 11.4 Å². The zero-order valence-corrected chi connectivity index (χ0v) is 15.2. The summed E-state index contributed by atoms with van der Waals surface area (Å²) >= 11 is 3.70. The average Bonchev–Trinajstić information content (AvgIpc) is 3.36. The fourth-order valence-corrected chi connectivity index (χ4v) is 4.29. The molecule has 1 aliphatic carbocycles. The molecule has 0 radical (unpaired) electrons. The van der Waals surface area contributed by atoms with E-state index in [0.29, 0.717) is 25.1 Å². The Morgan fingerprint density at radius 2 is 2.04 bits per heavy atom. The van der Waals surface area contributed by atoms with E-state index in [4.69, 9.17) is 9.47 Å². The number of alkyl halides is 1. The summed E-state index contributed by atoms with van der Waals surface area (Å²) < 4.78 is 11.7. The summed E-state index contributed by atoms with van der Waals surface area (Å²) in [6.07, 6.45) is 2.33. The van der Waals surface area contributed by atoms with Crippen molar-refractivity contribution in [3.63, 3.8) is 0 Å². The van der Waals surface area contributed by atoms with E-state index in [-0.39, 0.29) is 22.9 Å². The van der Waals surface area contributed by atoms with Gasteiger partial charge in [0.2, 0.25) is 5.91 Å². The Balaban J connectivity index is 1.34. The summed E-state index contributed by atoms with van der Waals surface area (Å²) in [6.45, 7) is 0.951. The third-order valence-corrected chi connectivity index (χ3v) is 5.98. The van der Waals surface area contributed by atoms with Gasteiger partial charge in [0.25, 0.3) is 0 Å². The summed E-state index contributed by atoms with van der Waals surface area (Å²) in [5, 5.41) is 0. The van der Waals surface area contributed by atoms with E-state index in [0.717, 1.165) is 11.5 Å². The molecule has 4 unspecified atom stereocenters. The van der Waals surface area contributed by atoms with Crippen molar-refractivity contribution in [3.8, 4) is 11.5 Å². The van der Waals surface area contributed by atoms with Crippen LogP contribution in [-0.2, 0) is 4.79 Å². The molecule has 6 nitrogen and oxygen atoms in total. The number of rotatable bonds is 4. The second-order valence-corrected chi connectivity index (χ2v) is 7.85. The second-order valence-electron chi connectivity index (χ2n) is 6.79. The summed E-state index contributed by atoms with van der Waals surface area (Å²) in [4.78, 5) is 14.6. The van der Waals surface area contributed by atoms with E-state index < -0.39 is 0 Å². The van der Waals surface area contributed by atoms with Crippen LogP contribution in [0.25, 0.3) is 0 Å². The van der Waals surface area contributed by atoms with Gasteiger partial charge in [-0.25, -0.2) is 5.43 Å². The first-order valence-corrected chi connectivity index (χ1v) is 9.33. The molecule has 1 saturated heterocycles. The number of fused-ring (bicyclic) bond motifs is 1. The Morgan fingerprint density at radius 1 is 1.29 bits per heavy atom. The van der Waals surface area contributed by atoms with Crippen molar-refractivity contribution in [2.45, 2.75) is 35.9 Å². The van der Waals surface area contributed by atoms with Crippen LogP contribution in [0.3, 0.4) is 0 Å². The van der Waals surface area contributed by atoms with E-state index in [1.165, 1.54) is 12.8 Å². The number of hydrogen-bond acceptors (Lipinski definition) is 5. The van der Waals surface area contributed by atoms with Gasteiger partial charge in [-0.1, -0.05) is 28.1 Å². The van der Waals surface area contributed by atoms with Crippen molar-refractivity contribution < 1.29 is 14.3 Å². The molecule has 130 valence electrons. The van der Waals surface area contributed by atoms with Crippen LogP contribution < -0.4 is 20.3 Å². The first kappa shape index (κ1) is 16.2. The third kappa shape index (κ3) is 3.12. The number of hydrazine groups is 1. The van der Waals surface area contributed by atoms with Gasteiger partial charge >= 0.3 is 0 Å². The molecule has 4 atom stereocenters. The SMILES string of the molecule is CN(CC1COc2ccccc2O1)C(=O)C1NNC(C2CC2)C1Br. The number of nitrogens with one attached hydrogen (secondary N) is 2. The molecule has 24 heavy (non-hydrogen) atoms. The number of amides is 1. The molecule has 2 fully saturated rings. The fraction of sp³-hybridized carbons (Fsp3) is 0.588. The molecule has 2 N–H and O–H groups in total. The Kier molecular flexibility index (Phi) is 4.40. The number of benzene rings is 1. The molecular weight excluding hydrogens is 374 g/mol. The standard InChI is InChI=1S/C17H22BrN3O3/c1-21(8-11-9-23-12-4-2-3-5-13(12)24-11)17(22)16-14(18)15(19-20-16)10-6-7-10/h2-5,10-11,14-16,19-20H,6-9H2,1H3. The van der Waals surface area contributed by atoms with Crippen LogP contribution in [0.5, 0.6) is 11.5 Å².